The normalized spacial score (nSPS) is 9.67. The quantitative estimate of drug-likeness (QED) is 0.792. The van der Waals surface area contributed by atoms with Gasteiger partial charge in [0.1, 0.15) is 0 Å². The summed E-state index contributed by atoms with van der Waals surface area (Å²) in [4.78, 5) is 10.9. The molecule has 2 aromatic rings. The predicted octanol–water partition coefficient (Wildman–Crippen LogP) is 2.84. The van der Waals surface area contributed by atoms with Crippen molar-refractivity contribution in [1.82, 2.24) is 0 Å². The van der Waals surface area contributed by atoms with Gasteiger partial charge in [-0.3, -0.25) is 0 Å². The minimum Gasteiger partial charge on any atom is -0.478 e. The first-order valence-electron chi connectivity index (χ1n) is 4.41. The maximum Gasteiger partial charge on any atom is 0.336 e. The summed E-state index contributed by atoms with van der Waals surface area (Å²) in [6, 6.07) is 11.1. The summed E-state index contributed by atoms with van der Waals surface area (Å²) in [5, 5.41) is 10.7. The number of aryl methyl sites for hydroxylation is 1. The average Bonchev–Trinajstić information content (AvgIpc) is 2.16. The zero-order chi connectivity index (χ0) is 10.1. The van der Waals surface area contributed by atoms with Crippen molar-refractivity contribution in [2.75, 3.05) is 0 Å². The van der Waals surface area contributed by atoms with Gasteiger partial charge >= 0.3 is 5.97 Å². The molecule has 2 nitrogen and oxygen atoms in total. The van der Waals surface area contributed by atoms with E-state index in [2.05, 4.69) is 0 Å². The number of hydrogen-bond donors (Lipinski definition) is 1. The van der Waals surface area contributed by atoms with Crippen LogP contribution in [0.25, 0.3) is 10.8 Å². The molecule has 0 amide bonds. The maximum atomic E-state index is 10.9. The molecule has 0 aromatic heterocycles. The summed E-state index contributed by atoms with van der Waals surface area (Å²) in [5.74, 6) is -0.874. The van der Waals surface area contributed by atoms with Crippen molar-refractivity contribution >= 4 is 16.7 Å². The van der Waals surface area contributed by atoms with Crippen LogP contribution in [-0.2, 0) is 19.5 Å². The summed E-state index contributed by atoms with van der Waals surface area (Å²) in [7, 11) is 0. The molecule has 0 bridgehead atoms. The molecule has 0 atom stereocenters. The van der Waals surface area contributed by atoms with Gasteiger partial charge in [0.2, 0.25) is 0 Å². The summed E-state index contributed by atoms with van der Waals surface area (Å²) >= 11 is 0. The smallest absolute Gasteiger partial charge is 0.336 e. The van der Waals surface area contributed by atoms with E-state index in [1.807, 2.05) is 31.2 Å². The van der Waals surface area contributed by atoms with Crippen LogP contribution < -0.4 is 0 Å². The first kappa shape index (κ1) is 11.9. The molecule has 0 aliphatic carbocycles. The molecule has 0 saturated heterocycles. The van der Waals surface area contributed by atoms with Gasteiger partial charge < -0.3 is 5.11 Å². The Bertz CT molecular complexity index is 506. The van der Waals surface area contributed by atoms with E-state index >= 15 is 0 Å². The molecular weight excluding hydrogens is 242 g/mol. The molecule has 0 spiro atoms. The fraction of sp³-hybridized carbons (Fsp3) is 0.0833. The topological polar surface area (TPSA) is 37.3 Å². The summed E-state index contributed by atoms with van der Waals surface area (Å²) in [6.07, 6.45) is 0. The number of carbonyl (C=O) groups is 1. The molecule has 3 heteroatoms. The van der Waals surface area contributed by atoms with Crippen molar-refractivity contribution in [3.63, 3.8) is 0 Å². The van der Waals surface area contributed by atoms with Crippen LogP contribution in [0.3, 0.4) is 0 Å². The van der Waals surface area contributed by atoms with Crippen molar-refractivity contribution < 1.29 is 29.4 Å². The molecule has 0 fully saturated rings. The van der Waals surface area contributed by atoms with Gasteiger partial charge in [0.25, 0.3) is 0 Å². The number of aromatic carboxylic acids is 1. The largest absolute Gasteiger partial charge is 0.478 e. The third-order valence-electron chi connectivity index (χ3n) is 2.27. The van der Waals surface area contributed by atoms with Gasteiger partial charge in [0.05, 0.1) is 5.56 Å². The van der Waals surface area contributed by atoms with E-state index in [9.17, 15) is 4.79 Å². The van der Waals surface area contributed by atoms with Gasteiger partial charge in [-0.15, -0.1) is 0 Å². The minimum absolute atomic E-state index is 0. The van der Waals surface area contributed by atoms with Gasteiger partial charge in [0.15, 0.2) is 0 Å². The van der Waals surface area contributed by atoms with E-state index in [-0.39, 0.29) is 19.5 Å². The van der Waals surface area contributed by atoms with Crippen LogP contribution in [0.5, 0.6) is 0 Å². The number of benzene rings is 2. The molecule has 2 aromatic carbocycles. The van der Waals surface area contributed by atoms with Crippen LogP contribution in [0.2, 0.25) is 0 Å². The Balaban J connectivity index is 0.00000112. The molecule has 0 radical (unpaired) electrons. The van der Waals surface area contributed by atoms with E-state index in [0.717, 1.165) is 16.3 Å². The average molecular weight is 252 g/mol. The maximum absolute atomic E-state index is 10.9. The van der Waals surface area contributed by atoms with Crippen LogP contribution >= 0.6 is 0 Å². The van der Waals surface area contributed by atoms with Gasteiger partial charge in [-0.2, -0.15) is 0 Å². The van der Waals surface area contributed by atoms with Crippen LogP contribution in [0.4, 0.5) is 0 Å². The zero-order valence-corrected chi connectivity index (χ0v) is 11.5. The van der Waals surface area contributed by atoms with E-state index in [0.29, 0.717) is 5.56 Å². The second kappa shape index (κ2) is 4.54. The van der Waals surface area contributed by atoms with E-state index in [4.69, 9.17) is 5.11 Å². The number of carboxylic acid groups (broad SMARTS) is 1. The Kier molecular flexibility index (Phi) is 3.59. The standard InChI is InChI=1S/C12H10O2.Zn/c1-8-5-6-9-3-2-4-10(12(13)14)11(9)7-8;/h2-7H,1H3,(H,13,14);. The second-order valence-electron chi connectivity index (χ2n) is 3.34. The molecule has 0 aliphatic rings. The summed E-state index contributed by atoms with van der Waals surface area (Å²) in [6.45, 7) is 1.96. The Hall–Kier alpha value is -1.21. The zero-order valence-electron chi connectivity index (χ0n) is 8.53. The molecule has 15 heavy (non-hydrogen) atoms. The minimum atomic E-state index is -0.874. The third kappa shape index (κ3) is 2.24. The molecule has 0 saturated carbocycles. The fourth-order valence-corrected chi connectivity index (χ4v) is 1.57. The van der Waals surface area contributed by atoms with E-state index < -0.39 is 5.97 Å². The van der Waals surface area contributed by atoms with Crippen LogP contribution in [0, 0.1) is 6.92 Å². The fourth-order valence-electron chi connectivity index (χ4n) is 1.57. The van der Waals surface area contributed by atoms with Gasteiger partial charge in [0, 0.05) is 19.5 Å². The second-order valence-corrected chi connectivity index (χ2v) is 3.34. The van der Waals surface area contributed by atoms with Crippen LogP contribution in [-0.4, -0.2) is 11.1 Å². The van der Waals surface area contributed by atoms with Gasteiger partial charge in [-0.25, -0.2) is 4.79 Å². The summed E-state index contributed by atoms with van der Waals surface area (Å²) in [5.41, 5.74) is 1.44. The molecule has 0 aliphatic heterocycles. The monoisotopic (exact) mass is 250 g/mol. The number of carboxylic acids is 1. The molecular formula is C12H10O2Zn. The molecule has 0 unspecified atom stereocenters. The SMILES string of the molecule is Cc1ccc2cccc(C(=O)O)c2c1.[Zn]. The summed E-state index contributed by atoms with van der Waals surface area (Å²) < 4.78 is 0. The first-order valence-corrected chi connectivity index (χ1v) is 4.41. The molecule has 2 rings (SSSR count). The van der Waals surface area contributed by atoms with Crippen molar-refractivity contribution in [2.24, 2.45) is 0 Å². The van der Waals surface area contributed by atoms with Crippen molar-refractivity contribution in [3.05, 3.63) is 47.5 Å². The van der Waals surface area contributed by atoms with Crippen LogP contribution in [0.1, 0.15) is 15.9 Å². The Morgan fingerprint density at radius 2 is 1.93 bits per heavy atom. The predicted molar refractivity (Wildman–Crippen MR) is 55.6 cm³/mol. The number of rotatable bonds is 1. The van der Waals surface area contributed by atoms with E-state index in [1.165, 1.54) is 0 Å². The Morgan fingerprint density at radius 3 is 2.60 bits per heavy atom. The van der Waals surface area contributed by atoms with Gasteiger partial charge in [-0.1, -0.05) is 35.9 Å². The third-order valence-corrected chi connectivity index (χ3v) is 2.27. The first-order chi connectivity index (χ1) is 6.68. The number of hydrogen-bond acceptors (Lipinski definition) is 1. The van der Waals surface area contributed by atoms with Gasteiger partial charge in [-0.05, 0) is 23.8 Å². The van der Waals surface area contributed by atoms with Crippen molar-refractivity contribution in [1.29, 1.82) is 0 Å². The molecule has 0 heterocycles. The number of fused-ring (bicyclic) bond motifs is 1. The Labute approximate surface area is 101 Å². The van der Waals surface area contributed by atoms with Crippen molar-refractivity contribution in [3.8, 4) is 0 Å². The molecule has 1 N–H and O–H groups in total. The Morgan fingerprint density at radius 1 is 1.20 bits per heavy atom. The van der Waals surface area contributed by atoms with Crippen LogP contribution in [0.15, 0.2) is 36.4 Å². The molecule has 72 valence electrons. The van der Waals surface area contributed by atoms with E-state index in [1.54, 1.807) is 12.1 Å². The van der Waals surface area contributed by atoms with Crippen molar-refractivity contribution in [2.45, 2.75) is 6.92 Å².